The van der Waals surface area contributed by atoms with Crippen molar-refractivity contribution in [2.24, 2.45) is 0 Å². The predicted molar refractivity (Wildman–Crippen MR) is 74.4 cm³/mol. The molecule has 0 atom stereocenters. The van der Waals surface area contributed by atoms with Crippen LogP contribution in [0.5, 0.6) is 11.6 Å². The lowest BCUT2D eigenvalue weighted by molar-refractivity contribution is 0.0693. The molecule has 0 fully saturated rings. The molecule has 5 heteroatoms. The summed E-state index contributed by atoms with van der Waals surface area (Å²) in [5, 5.41) is 9.30. The Kier molecular flexibility index (Phi) is 3.33. The quantitative estimate of drug-likeness (QED) is 0.938. The van der Waals surface area contributed by atoms with E-state index >= 15 is 0 Å². The van der Waals surface area contributed by atoms with Gasteiger partial charge in [-0.05, 0) is 49.4 Å². The number of hydrogen-bond donors (Lipinski definition) is 1. The third-order valence-corrected chi connectivity index (χ3v) is 3.60. The summed E-state index contributed by atoms with van der Waals surface area (Å²) in [5.41, 5.74) is 2.55. The summed E-state index contributed by atoms with van der Waals surface area (Å²) in [6.07, 6.45) is 2.61. The van der Waals surface area contributed by atoms with Crippen molar-refractivity contribution in [3.05, 3.63) is 52.5 Å². The van der Waals surface area contributed by atoms with Crippen LogP contribution in [0.4, 0.5) is 4.39 Å². The SMILES string of the molecule is Cc1ccc(F)cc1Oc1nc2c(cc1C(=O)O)CCC2. The van der Waals surface area contributed by atoms with Crippen molar-refractivity contribution in [3.63, 3.8) is 0 Å². The summed E-state index contributed by atoms with van der Waals surface area (Å²) >= 11 is 0. The predicted octanol–water partition coefficient (Wildman–Crippen LogP) is 3.51. The highest BCUT2D eigenvalue weighted by Crippen LogP contribution is 2.31. The van der Waals surface area contributed by atoms with Gasteiger partial charge in [0, 0.05) is 11.8 Å². The number of aryl methyl sites for hydroxylation is 3. The average molecular weight is 287 g/mol. The van der Waals surface area contributed by atoms with Gasteiger partial charge in [0.15, 0.2) is 0 Å². The van der Waals surface area contributed by atoms with Crippen LogP contribution < -0.4 is 4.74 Å². The third kappa shape index (κ3) is 2.59. The zero-order valence-corrected chi connectivity index (χ0v) is 11.5. The maximum atomic E-state index is 13.3. The van der Waals surface area contributed by atoms with Crippen molar-refractivity contribution in [2.75, 3.05) is 0 Å². The fourth-order valence-electron chi connectivity index (χ4n) is 2.47. The lowest BCUT2D eigenvalue weighted by Crippen LogP contribution is -2.05. The number of hydrogen-bond acceptors (Lipinski definition) is 3. The number of ether oxygens (including phenoxy) is 1. The minimum absolute atomic E-state index is 0.0133. The fraction of sp³-hybridized carbons (Fsp3) is 0.250. The Hall–Kier alpha value is -2.43. The molecule has 1 aliphatic rings. The van der Waals surface area contributed by atoms with Gasteiger partial charge in [0.25, 0.3) is 0 Å². The molecule has 0 aliphatic heterocycles. The maximum Gasteiger partial charge on any atom is 0.341 e. The highest BCUT2D eigenvalue weighted by molar-refractivity contribution is 5.90. The largest absolute Gasteiger partial charge is 0.477 e. The van der Waals surface area contributed by atoms with Crippen LogP contribution in [0.25, 0.3) is 0 Å². The van der Waals surface area contributed by atoms with Crippen molar-refractivity contribution in [2.45, 2.75) is 26.2 Å². The summed E-state index contributed by atoms with van der Waals surface area (Å²) in [6, 6.07) is 5.76. The van der Waals surface area contributed by atoms with Gasteiger partial charge in [-0.1, -0.05) is 6.07 Å². The molecule has 0 radical (unpaired) electrons. The maximum absolute atomic E-state index is 13.3. The monoisotopic (exact) mass is 287 g/mol. The average Bonchev–Trinajstić information content (AvgIpc) is 2.89. The van der Waals surface area contributed by atoms with Crippen molar-refractivity contribution < 1.29 is 19.0 Å². The summed E-state index contributed by atoms with van der Waals surface area (Å²) in [5.74, 6) is -1.23. The first-order valence-electron chi connectivity index (χ1n) is 6.74. The number of halogens is 1. The second-order valence-electron chi connectivity index (χ2n) is 5.12. The van der Waals surface area contributed by atoms with E-state index in [4.69, 9.17) is 4.74 Å². The Morgan fingerprint density at radius 1 is 1.33 bits per heavy atom. The third-order valence-electron chi connectivity index (χ3n) is 3.60. The van der Waals surface area contributed by atoms with E-state index in [9.17, 15) is 14.3 Å². The molecule has 0 unspecified atom stereocenters. The van der Waals surface area contributed by atoms with Crippen LogP contribution in [-0.2, 0) is 12.8 Å². The molecular formula is C16H14FNO3. The van der Waals surface area contributed by atoms with Gasteiger partial charge in [-0.15, -0.1) is 0 Å². The molecule has 0 spiro atoms. The summed E-state index contributed by atoms with van der Waals surface area (Å²) in [4.78, 5) is 15.7. The topological polar surface area (TPSA) is 59.4 Å². The van der Waals surface area contributed by atoms with Gasteiger partial charge in [-0.25, -0.2) is 14.2 Å². The van der Waals surface area contributed by atoms with E-state index in [2.05, 4.69) is 4.98 Å². The Balaban J connectivity index is 2.05. The lowest BCUT2D eigenvalue weighted by Gasteiger charge is -2.12. The van der Waals surface area contributed by atoms with Crippen LogP contribution in [0, 0.1) is 12.7 Å². The number of benzene rings is 1. The second kappa shape index (κ2) is 5.16. The number of fused-ring (bicyclic) bond motifs is 1. The number of carboxylic acids is 1. The van der Waals surface area contributed by atoms with E-state index in [-0.39, 0.29) is 17.2 Å². The number of carboxylic acid groups (broad SMARTS) is 1. The summed E-state index contributed by atoms with van der Waals surface area (Å²) < 4.78 is 18.9. The van der Waals surface area contributed by atoms with Gasteiger partial charge in [0.1, 0.15) is 17.1 Å². The van der Waals surface area contributed by atoms with Crippen LogP contribution in [0.2, 0.25) is 0 Å². The van der Waals surface area contributed by atoms with E-state index in [1.165, 1.54) is 12.1 Å². The van der Waals surface area contributed by atoms with E-state index in [0.717, 1.165) is 36.1 Å². The standard InChI is InChI=1S/C16H14FNO3/c1-9-5-6-11(17)8-14(9)21-15-12(16(19)20)7-10-3-2-4-13(10)18-15/h5-8H,2-4H2,1H3,(H,19,20). The van der Waals surface area contributed by atoms with Crippen molar-refractivity contribution in [1.82, 2.24) is 4.98 Å². The van der Waals surface area contributed by atoms with E-state index in [1.54, 1.807) is 19.1 Å². The van der Waals surface area contributed by atoms with Crippen LogP contribution >= 0.6 is 0 Å². The Labute approximate surface area is 121 Å². The zero-order chi connectivity index (χ0) is 15.0. The Bertz CT molecular complexity index is 728. The molecule has 1 heterocycles. The molecule has 1 aromatic carbocycles. The van der Waals surface area contributed by atoms with Crippen molar-refractivity contribution >= 4 is 5.97 Å². The molecule has 4 nitrogen and oxygen atoms in total. The number of aromatic nitrogens is 1. The smallest absolute Gasteiger partial charge is 0.341 e. The minimum Gasteiger partial charge on any atom is -0.477 e. The normalized spacial score (nSPS) is 13.0. The first-order chi connectivity index (χ1) is 10.0. The molecule has 0 bridgehead atoms. The van der Waals surface area contributed by atoms with Crippen LogP contribution in [-0.4, -0.2) is 16.1 Å². The van der Waals surface area contributed by atoms with Crippen LogP contribution in [0.15, 0.2) is 24.3 Å². The molecule has 1 N–H and O–H groups in total. The first-order valence-corrected chi connectivity index (χ1v) is 6.74. The molecule has 108 valence electrons. The lowest BCUT2D eigenvalue weighted by atomic mass is 10.1. The van der Waals surface area contributed by atoms with Gasteiger partial charge < -0.3 is 9.84 Å². The molecule has 0 amide bonds. The van der Waals surface area contributed by atoms with Gasteiger partial charge in [0.2, 0.25) is 5.88 Å². The number of pyridine rings is 1. The van der Waals surface area contributed by atoms with Crippen LogP contribution in [0.1, 0.15) is 33.6 Å². The molecule has 1 aliphatic carbocycles. The fourth-order valence-corrected chi connectivity index (χ4v) is 2.47. The Morgan fingerprint density at radius 3 is 2.90 bits per heavy atom. The van der Waals surface area contributed by atoms with Crippen LogP contribution in [0.3, 0.4) is 0 Å². The molecule has 0 saturated carbocycles. The number of aromatic carboxylic acids is 1. The van der Waals surface area contributed by atoms with Gasteiger partial charge in [-0.3, -0.25) is 0 Å². The van der Waals surface area contributed by atoms with E-state index in [0.29, 0.717) is 0 Å². The number of nitrogens with zero attached hydrogens (tertiary/aromatic N) is 1. The zero-order valence-electron chi connectivity index (χ0n) is 11.5. The second-order valence-corrected chi connectivity index (χ2v) is 5.12. The molecule has 21 heavy (non-hydrogen) atoms. The molecule has 1 aromatic heterocycles. The molecule has 3 rings (SSSR count). The van der Waals surface area contributed by atoms with Gasteiger partial charge in [-0.2, -0.15) is 0 Å². The molecule has 0 saturated heterocycles. The molecule has 2 aromatic rings. The summed E-state index contributed by atoms with van der Waals surface area (Å²) in [7, 11) is 0. The van der Waals surface area contributed by atoms with E-state index in [1.807, 2.05) is 0 Å². The van der Waals surface area contributed by atoms with Crippen molar-refractivity contribution in [1.29, 1.82) is 0 Å². The number of rotatable bonds is 3. The minimum atomic E-state index is -1.10. The first kappa shape index (κ1) is 13.5. The van der Waals surface area contributed by atoms with Gasteiger partial charge >= 0.3 is 5.97 Å². The Morgan fingerprint density at radius 2 is 2.14 bits per heavy atom. The number of carbonyl (C=O) groups is 1. The van der Waals surface area contributed by atoms with Gasteiger partial charge in [0.05, 0.1) is 0 Å². The molecular weight excluding hydrogens is 273 g/mol. The van der Waals surface area contributed by atoms with Crippen molar-refractivity contribution in [3.8, 4) is 11.6 Å². The van der Waals surface area contributed by atoms with E-state index < -0.39 is 11.8 Å². The highest BCUT2D eigenvalue weighted by Gasteiger charge is 2.21. The highest BCUT2D eigenvalue weighted by atomic mass is 19.1. The summed E-state index contributed by atoms with van der Waals surface area (Å²) in [6.45, 7) is 1.77.